The fourth-order valence-corrected chi connectivity index (χ4v) is 3.50. The highest BCUT2D eigenvalue weighted by Gasteiger charge is 2.21. The predicted molar refractivity (Wildman–Crippen MR) is 129 cm³/mol. The summed E-state index contributed by atoms with van der Waals surface area (Å²) in [5, 5.41) is 3.50. The van der Waals surface area contributed by atoms with Gasteiger partial charge in [0.25, 0.3) is 0 Å². The second-order valence-corrected chi connectivity index (χ2v) is 7.92. The van der Waals surface area contributed by atoms with E-state index >= 15 is 0 Å². The van der Waals surface area contributed by atoms with Crippen LogP contribution in [0.25, 0.3) is 5.70 Å². The van der Waals surface area contributed by atoms with Crippen molar-refractivity contribution in [3.8, 4) is 0 Å². The molecule has 30 heavy (non-hydrogen) atoms. The Morgan fingerprint density at radius 3 is 2.40 bits per heavy atom. The van der Waals surface area contributed by atoms with Gasteiger partial charge < -0.3 is 5.32 Å². The molecule has 1 aliphatic rings. The molecule has 1 fully saturated rings. The third kappa shape index (κ3) is 5.07. The number of hydrogen-bond acceptors (Lipinski definition) is 3. The van der Waals surface area contributed by atoms with Crippen LogP contribution < -0.4 is 10.2 Å². The molecule has 3 rings (SSSR count). The number of pyridine rings is 1. The van der Waals surface area contributed by atoms with E-state index < -0.39 is 0 Å². The van der Waals surface area contributed by atoms with Crippen molar-refractivity contribution >= 4 is 17.2 Å². The van der Waals surface area contributed by atoms with E-state index in [4.69, 9.17) is 4.99 Å². The molecule has 0 saturated heterocycles. The highest BCUT2D eigenvalue weighted by atomic mass is 15.3. The van der Waals surface area contributed by atoms with E-state index in [-0.39, 0.29) is 0 Å². The third-order valence-electron chi connectivity index (χ3n) is 5.37. The lowest BCUT2D eigenvalue weighted by atomic mass is 9.94. The number of aryl methyl sites for hydroxylation is 3. The molecule has 1 heterocycles. The summed E-state index contributed by atoms with van der Waals surface area (Å²) in [6, 6.07) is 13.0. The minimum Gasteiger partial charge on any atom is -0.330 e. The summed E-state index contributed by atoms with van der Waals surface area (Å²) in [7, 11) is 0. The number of rotatable bonds is 7. The van der Waals surface area contributed by atoms with E-state index in [2.05, 4.69) is 65.6 Å². The SMILES string of the molecule is C=C/C=C(\NC(C)=NC1CCC1)N(C(=C)c1ccc(C)cc1)c1ccc(C)nc1C. The molecule has 1 aromatic carbocycles. The second-order valence-electron chi connectivity index (χ2n) is 7.92. The molecule has 0 spiro atoms. The first-order valence-electron chi connectivity index (χ1n) is 10.5. The molecule has 4 heteroatoms. The zero-order chi connectivity index (χ0) is 21.7. The van der Waals surface area contributed by atoms with Crippen molar-refractivity contribution in [3.63, 3.8) is 0 Å². The zero-order valence-electron chi connectivity index (χ0n) is 18.6. The van der Waals surface area contributed by atoms with Crippen LogP contribution in [0.15, 0.2) is 72.5 Å². The fraction of sp³-hybridized carbons (Fsp3) is 0.308. The van der Waals surface area contributed by atoms with Gasteiger partial charge in [-0.1, -0.05) is 49.1 Å². The van der Waals surface area contributed by atoms with Crippen LogP contribution in [0, 0.1) is 20.8 Å². The van der Waals surface area contributed by atoms with Crippen LogP contribution in [0.2, 0.25) is 0 Å². The Hall–Kier alpha value is -3.14. The van der Waals surface area contributed by atoms with Crippen LogP contribution in [0.4, 0.5) is 5.69 Å². The monoisotopic (exact) mass is 400 g/mol. The number of nitrogens with one attached hydrogen (secondary N) is 1. The lowest BCUT2D eigenvalue weighted by Crippen LogP contribution is -2.34. The lowest BCUT2D eigenvalue weighted by molar-refractivity contribution is 0.419. The van der Waals surface area contributed by atoms with Crippen molar-refractivity contribution in [1.82, 2.24) is 10.3 Å². The zero-order valence-corrected chi connectivity index (χ0v) is 18.6. The minimum atomic E-state index is 0.430. The van der Waals surface area contributed by atoms with Gasteiger partial charge in [-0.3, -0.25) is 14.9 Å². The van der Waals surface area contributed by atoms with E-state index in [0.29, 0.717) is 6.04 Å². The van der Waals surface area contributed by atoms with Crippen LogP contribution in [-0.4, -0.2) is 16.9 Å². The van der Waals surface area contributed by atoms with Crippen LogP contribution in [0.5, 0.6) is 0 Å². The molecule has 156 valence electrons. The van der Waals surface area contributed by atoms with Gasteiger partial charge in [0, 0.05) is 11.4 Å². The van der Waals surface area contributed by atoms with Crippen LogP contribution in [-0.2, 0) is 0 Å². The van der Waals surface area contributed by atoms with E-state index in [1.807, 2.05) is 32.9 Å². The lowest BCUT2D eigenvalue weighted by Gasteiger charge is -2.31. The topological polar surface area (TPSA) is 40.5 Å². The summed E-state index contributed by atoms with van der Waals surface area (Å²) in [5.41, 5.74) is 6.03. The number of hydrogen-bond donors (Lipinski definition) is 1. The van der Waals surface area contributed by atoms with E-state index in [0.717, 1.165) is 40.0 Å². The van der Waals surface area contributed by atoms with Crippen molar-refractivity contribution in [2.24, 2.45) is 4.99 Å². The number of allylic oxidation sites excluding steroid dienone is 2. The molecule has 1 aliphatic carbocycles. The summed E-state index contributed by atoms with van der Waals surface area (Å²) in [4.78, 5) is 11.6. The molecule has 0 radical (unpaired) electrons. The van der Waals surface area contributed by atoms with Crippen molar-refractivity contribution < 1.29 is 0 Å². The second kappa shape index (κ2) is 9.57. The first-order valence-corrected chi connectivity index (χ1v) is 10.5. The average Bonchev–Trinajstić information content (AvgIpc) is 2.67. The van der Waals surface area contributed by atoms with Crippen molar-refractivity contribution in [2.45, 2.75) is 53.0 Å². The molecular weight excluding hydrogens is 368 g/mol. The Kier molecular flexibility index (Phi) is 6.88. The number of nitrogens with zero attached hydrogens (tertiary/aromatic N) is 3. The van der Waals surface area contributed by atoms with Crippen molar-refractivity contribution in [3.05, 3.63) is 90.0 Å². The average molecular weight is 401 g/mol. The number of anilines is 1. The van der Waals surface area contributed by atoms with Crippen LogP contribution >= 0.6 is 0 Å². The normalized spacial score (nSPS) is 14.8. The maximum absolute atomic E-state index is 4.82. The molecule has 0 atom stereocenters. The Labute approximate surface area is 180 Å². The van der Waals surface area contributed by atoms with Crippen molar-refractivity contribution in [1.29, 1.82) is 0 Å². The largest absolute Gasteiger partial charge is 0.330 e. The summed E-state index contributed by atoms with van der Waals surface area (Å²) < 4.78 is 0. The molecule has 0 aliphatic heterocycles. The highest BCUT2D eigenvalue weighted by Crippen LogP contribution is 2.31. The smallest absolute Gasteiger partial charge is 0.116 e. The molecule has 1 aromatic heterocycles. The van der Waals surface area contributed by atoms with E-state index in [9.17, 15) is 0 Å². The number of amidine groups is 1. The Bertz CT molecular complexity index is 979. The minimum absolute atomic E-state index is 0.430. The molecule has 4 nitrogen and oxygen atoms in total. The Morgan fingerprint density at radius 2 is 1.83 bits per heavy atom. The van der Waals surface area contributed by atoms with Gasteiger partial charge in [0.05, 0.1) is 23.3 Å². The van der Waals surface area contributed by atoms with Gasteiger partial charge in [0.15, 0.2) is 0 Å². The molecular formula is C26H32N4. The quantitative estimate of drug-likeness (QED) is 0.348. The molecule has 0 amide bonds. The van der Waals surface area contributed by atoms with Crippen molar-refractivity contribution in [2.75, 3.05) is 4.90 Å². The summed E-state index contributed by atoms with van der Waals surface area (Å²) >= 11 is 0. The van der Waals surface area contributed by atoms with E-state index in [1.165, 1.54) is 24.8 Å². The first kappa shape index (κ1) is 21.6. The number of benzene rings is 1. The van der Waals surface area contributed by atoms with Gasteiger partial charge in [-0.25, -0.2) is 0 Å². The van der Waals surface area contributed by atoms with Gasteiger partial charge in [-0.2, -0.15) is 0 Å². The van der Waals surface area contributed by atoms with Gasteiger partial charge in [0.2, 0.25) is 0 Å². The number of aliphatic imine (C=N–C) groups is 1. The molecule has 0 unspecified atom stereocenters. The molecule has 0 bridgehead atoms. The summed E-state index contributed by atoms with van der Waals surface area (Å²) in [5.74, 6) is 1.75. The summed E-state index contributed by atoms with van der Waals surface area (Å²) in [6.07, 6.45) is 7.34. The van der Waals surface area contributed by atoms with Gasteiger partial charge >= 0.3 is 0 Å². The fourth-order valence-electron chi connectivity index (χ4n) is 3.50. The van der Waals surface area contributed by atoms with Crippen LogP contribution in [0.3, 0.4) is 0 Å². The molecule has 1 saturated carbocycles. The number of aromatic nitrogens is 1. The van der Waals surface area contributed by atoms with Crippen LogP contribution in [0.1, 0.15) is 48.7 Å². The molecule has 1 N–H and O–H groups in total. The van der Waals surface area contributed by atoms with Gasteiger partial charge in [-0.15, -0.1) is 0 Å². The highest BCUT2D eigenvalue weighted by molar-refractivity contribution is 5.87. The maximum atomic E-state index is 4.82. The summed E-state index contributed by atoms with van der Waals surface area (Å²) in [6.45, 7) is 16.5. The maximum Gasteiger partial charge on any atom is 0.116 e. The first-order chi connectivity index (χ1) is 14.4. The standard InChI is InChI=1S/C26H32N4/c1-7-9-26(29-22(6)28-24-10-8-11-24)30(25-17-14-19(3)27-20(25)4)21(5)23-15-12-18(2)13-16-23/h7,9,12-17,24H,1,5,8,10-11H2,2-4,6H3,(H,28,29)/b26-9+. The van der Waals surface area contributed by atoms with Gasteiger partial charge in [-0.05, 0) is 70.7 Å². The predicted octanol–water partition coefficient (Wildman–Crippen LogP) is 6.07. The Balaban J connectivity index is 2.04. The third-order valence-corrected chi connectivity index (χ3v) is 5.37. The Morgan fingerprint density at radius 1 is 1.13 bits per heavy atom. The van der Waals surface area contributed by atoms with E-state index in [1.54, 1.807) is 6.08 Å². The van der Waals surface area contributed by atoms with Gasteiger partial charge in [0.1, 0.15) is 5.82 Å². The molecule has 2 aromatic rings.